The van der Waals surface area contributed by atoms with Gasteiger partial charge in [-0.3, -0.25) is 14.5 Å². The Morgan fingerprint density at radius 1 is 1.31 bits per heavy atom. The molecule has 2 aliphatic rings. The van der Waals surface area contributed by atoms with E-state index in [-0.39, 0.29) is 23.8 Å². The van der Waals surface area contributed by atoms with E-state index in [0.717, 1.165) is 53.7 Å². The van der Waals surface area contributed by atoms with E-state index < -0.39 is 12.5 Å². The lowest BCUT2D eigenvalue weighted by atomic mass is 10.1. The molecule has 1 amide bonds. The van der Waals surface area contributed by atoms with Gasteiger partial charge < -0.3 is 15.5 Å². The quantitative estimate of drug-likeness (QED) is 0.493. The summed E-state index contributed by atoms with van der Waals surface area (Å²) in [5.74, 6) is -1.43. The molecule has 2 aliphatic heterocycles. The Hall–Kier alpha value is -2.00. The van der Waals surface area contributed by atoms with Crippen LogP contribution in [-0.4, -0.2) is 57.0 Å². The van der Waals surface area contributed by atoms with Gasteiger partial charge in [0.25, 0.3) is 5.91 Å². The number of carbonyl (C=O) groups is 2. The Balaban J connectivity index is 0.000000445. The number of allylic oxidation sites excluding steroid dienone is 2. The van der Waals surface area contributed by atoms with E-state index in [2.05, 4.69) is 5.32 Å². The van der Waals surface area contributed by atoms with Crippen molar-refractivity contribution in [1.82, 2.24) is 10.2 Å². The standard InChI is InChI=1S/C15H13NO3S2.C5H11NO.CH4/c1-10(7-11-5-3-2-4-6-11)8-12-14(19)16(9-13(17)18)15(20)21-12;7-5-1-3-6-4-2-5;/h2-8H,9H2,1H3,(H,17,18);5-7H,1-4H2;1H4/b10-7+,12-8+;;. The zero-order valence-electron chi connectivity index (χ0n) is 15.6. The van der Waals surface area contributed by atoms with Crippen molar-refractivity contribution in [3.8, 4) is 0 Å². The predicted octanol–water partition coefficient (Wildman–Crippen LogP) is 3.29. The summed E-state index contributed by atoms with van der Waals surface area (Å²) in [6.07, 6.45) is 5.51. The molecular weight excluding hydrogens is 408 g/mol. The molecule has 158 valence electrons. The molecule has 0 radical (unpaired) electrons. The van der Waals surface area contributed by atoms with Gasteiger partial charge in [0, 0.05) is 0 Å². The summed E-state index contributed by atoms with van der Waals surface area (Å²) in [5.41, 5.74) is 1.93. The fraction of sp³-hybridized carbons (Fsp3) is 0.381. The maximum absolute atomic E-state index is 12.1. The third-order valence-corrected chi connectivity index (χ3v) is 5.41. The van der Waals surface area contributed by atoms with Crippen LogP contribution in [0.15, 0.2) is 46.9 Å². The fourth-order valence-electron chi connectivity index (χ4n) is 2.64. The molecule has 0 saturated carbocycles. The van der Waals surface area contributed by atoms with Gasteiger partial charge in [-0.2, -0.15) is 0 Å². The van der Waals surface area contributed by atoms with Crippen LogP contribution in [0.3, 0.4) is 0 Å². The number of carboxylic acid groups (broad SMARTS) is 1. The number of thioether (sulfide) groups is 1. The minimum absolute atomic E-state index is 0. The van der Waals surface area contributed by atoms with Gasteiger partial charge in [0.05, 0.1) is 11.0 Å². The van der Waals surface area contributed by atoms with Gasteiger partial charge in [0.2, 0.25) is 0 Å². The average Bonchev–Trinajstić information content (AvgIpc) is 2.90. The molecule has 1 aromatic rings. The summed E-state index contributed by atoms with van der Waals surface area (Å²) >= 11 is 6.17. The van der Waals surface area contributed by atoms with Crippen molar-refractivity contribution in [3.05, 3.63) is 52.4 Å². The van der Waals surface area contributed by atoms with Gasteiger partial charge in [-0.15, -0.1) is 0 Å². The lowest BCUT2D eigenvalue weighted by molar-refractivity contribution is -0.140. The number of aliphatic hydroxyl groups excluding tert-OH is 1. The van der Waals surface area contributed by atoms with Gasteiger partial charge in [0.1, 0.15) is 10.9 Å². The molecule has 8 heteroatoms. The van der Waals surface area contributed by atoms with Crippen LogP contribution in [0, 0.1) is 0 Å². The van der Waals surface area contributed by atoms with E-state index in [4.69, 9.17) is 22.4 Å². The van der Waals surface area contributed by atoms with Gasteiger partial charge in [-0.05, 0) is 50.1 Å². The van der Waals surface area contributed by atoms with E-state index >= 15 is 0 Å². The van der Waals surface area contributed by atoms with Crippen LogP contribution < -0.4 is 5.32 Å². The van der Waals surface area contributed by atoms with Gasteiger partial charge in [-0.1, -0.05) is 67.8 Å². The van der Waals surface area contributed by atoms with E-state index in [1.54, 1.807) is 6.08 Å². The molecule has 2 heterocycles. The minimum Gasteiger partial charge on any atom is -0.480 e. The van der Waals surface area contributed by atoms with Crippen molar-refractivity contribution < 1.29 is 19.8 Å². The second kappa shape index (κ2) is 12.5. The van der Waals surface area contributed by atoms with E-state index in [9.17, 15) is 9.59 Å². The third kappa shape index (κ3) is 8.49. The van der Waals surface area contributed by atoms with Crippen LogP contribution >= 0.6 is 24.0 Å². The van der Waals surface area contributed by atoms with Crippen molar-refractivity contribution in [1.29, 1.82) is 0 Å². The molecule has 2 saturated heterocycles. The zero-order valence-corrected chi connectivity index (χ0v) is 17.3. The maximum Gasteiger partial charge on any atom is 0.323 e. The second-order valence-electron chi connectivity index (χ2n) is 6.44. The monoisotopic (exact) mass is 436 g/mol. The average molecular weight is 437 g/mol. The van der Waals surface area contributed by atoms with Gasteiger partial charge in [-0.25, -0.2) is 0 Å². The first-order valence-electron chi connectivity index (χ1n) is 8.96. The number of aliphatic carboxylic acids is 1. The summed E-state index contributed by atoms with van der Waals surface area (Å²) in [6, 6.07) is 9.74. The van der Waals surface area contributed by atoms with Crippen LogP contribution in [0.2, 0.25) is 0 Å². The third-order valence-electron chi connectivity index (χ3n) is 4.03. The van der Waals surface area contributed by atoms with E-state index in [1.165, 1.54) is 0 Å². The molecule has 3 rings (SSSR count). The van der Waals surface area contributed by atoms with Crippen molar-refractivity contribution in [2.75, 3.05) is 19.6 Å². The van der Waals surface area contributed by atoms with Crippen molar-refractivity contribution >= 4 is 46.3 Å². The lowest BCUT2D eigenvalue weighted by Gasteiger charge is -2.16. The SMILES string of the molecule is C.CC(=C\c1ccccc1)/C=C1/SC(=S)N(CC(=O)O)C1=O.OC1CCNCC1. The zero-order chi connectivity index (χ0) is 20.5. The number of benzene rings is 1. The number of amides is 1. The van der Waals surface area contributed by atoms with Crippen molar-refractivity contribution in [3.63, 3.8) is 0 Å². The lowest BCUT2D eigenvalue weighted by Crippen LogP contribution is -2.33. The summed E-state index contributed by atoms with van der Waals surface area (Å²) in [6.45, 7) is 3.46. The topological polar surface area (TPSA) is 89.9 Å². The number of rotatable bonds is 4. The smallest absolute Gasteiger partial charge is 0.323 e. The number of hydrogen-bond acceptors (Lipinski definition) is 6. The highest BCUT2D eigenvalue weighted by molar-refractivity contribution is 8.26. The number of thiocarbonyl (C=S) groups is 1. The molecule has 3 N–H and O–H groups in total. The molecule has 0 bridgehead atoms. The Labute approximate surface area is 181 Å². The number of aliphatic hydroxyl groups is 1. The molecule has 0 aromatic heterocycles. The van der Waals surface area contributed by atoms with Crippen molar-refractivity contribution in [2.45, 2.75) is 33.3 Å². The first-order valence-corrected chi connectivity index (χ1v) is 10.2. The number of hydrogen-bond donors (Lipinski definition) is 3. The normalized spacial score (nSPS) is 18.9. The van der Waals surface area contributed by atoms with Crippen LogP contribution in [-0.2, 0) is 9.59 Å². The number of nitrogens with one attached hydrogen (secondary N) is 1. The van der Waals surface area contributed by atoms with E-state index in [1.807, 2.05) is 43.3 Å². The van der Waals surface area contributed by atoms with Crippen LogP contribution in [0.5, 0.6) is 0 Å². The molecule has 0 spiro atoms. The highest BCUT2D eigenvalue weighted by atomic mass is 32.2. The molecule has 29 heavy (non-hydrogen) atoms. The molecule has 0 atom stereocenters. The van der Waals surface area contributed by atoms with Crippen LogP contribution in [0.1, 0.15) is 32.8 Å². The van der Waals surface area contributed by atoms with Gasteiger partial charge in [0.15, 0.2) is 0 Å². The van der Waals surface area contributed by atoms with Crippen LogP contribution in [0.4, 0.5) is 0 Å². The Kier molecular flexibility index (Phi) is 10.8. The Morgan fingerprint density at radius 2 is 1.93 bits per heavy atom. The summed E-state index contributed by atoms with van der Waals surface area (Å²) in [7, 11) is 0. The van der Waals surface area contributed by atoms with Gasteiger partial charge >= 0.3 is 5.97 Å². The first-order chi connectivity index (χ1) is 13.4. The number of carboxylic acids is 1. The number of nitrogens with zero attached hydrogens (tertiary/aromatic N) is 1. The summed E-state index contributed by atoms with van der Waals surface area (Å²) in [4.78, 5) is 24.4. The molecule has 2 fully saturated rings. The Morgan fingerprint density at radius 3 is 2.45 bits per heavy atom. The molecule has 0 unspecified atom stereocenters. The summed E-state index contributed by atoms with van der Waals surface area (Å²) in [5, 5.41) is 20.8. The molecule has 0 aliphatic carbocycles. The van der Waals surface area contributed by atoms with Crippen molar-refractivity contribution in [2.24, 2.45) is 0 Å². The molecule has 1 aromatic carbocycles. The predicted molar refractivity (Wildman–Crippen MR) is 123 cm³/mol. The van der Waals surface area contributed by atoms with E-state index in [0.29, 0.717) is 4.91 Å². The Bertz CT molecular complexity index is 772. The maximum atomic E-state index is 12.1. The molecular formula is C21H28N2O4S2. The highest BCUT2D eigenvalue weighted by Crippen LogP contribution is 2.31. The highest BCUT2D eigenvalue weighted by Gasteiger charge is 2.33. The largest absolute Gasteiger partial charge is 0.480 e. The van der Waals surface area contributed by atoms with Crippen LogP contribution in [0.25, 0.3) is 6.08 Å². The number of carbonyl (C=O) groups excluding carboxylic acids is 1. The fourth-order valence-corrected chi connectivity index (χ4v) is 3.94. The number of piperidine rings is 1. The first kappa shape index (κ1) is 25.0. The summed E-state index contributed by atoms with van der Waals surface area (Å²) < 4.78 is 0.279. The molecule has 6 nitrogen and oxygen atoms in total. The minimum atomic E-state index is -1.08. The second-order valence-corrected chi connectivity index (χ2v) is 8.12.